The molecular formula is C19H20ClNO5. The maximum atomic E-state index is 12.2. The number of aliphatic carboxylic acids is 1. The smallest absolute Gasteiger partial charge is 0.341 e. The van der Waals surface area contributed by atoms with Gasteiger partial charge < -0.3 is 20.3 Å². The normalized spacial score (nSPS) is 10.2. The highest BCUT2D eigenvalue weighted by Gasteiger charge is 2.04. The number of nitrogens with two attached hydrogens (primary N) is 1. The largest absolute Gasteiger partial charge is 0.492 e. The molecule has 2 aromatic carbocycles. The number of hydrogen-bond donors (Lipinski definition) is 2. The van der Waals surface area contributed by atoms with E-state index in [2.05, 4.69) is 0 Å². The van der Waals surface area contributed by atoms with Crippen molar-refractivity contribution < 1.29 is 24.2 Å². The Morgan fingerprint density at radius 2 is 1.77 bits per heavy atom. The zero-order valence-corrected chi connectivity index (χ0v) is 14.8. The monoisotopic (exact) mass is 377 g/mol. The molecular weight excluding hydrogens is 358 g/mol. The quantitative estimate of drug-likeness (QED) is 0.515. The fourth-order valence-electron chi connectivity index (χ4n) is 2.00. The third-order valence-electron chi connectivity index (χ3n) is 3.17. The third-order valence-corrected chi connectivity index (χ3v) is 3.17. The first-order valence-corrected chi connectivity index (χ1v) is 7.68. The van der Waals surface area contributed by atoms with Gasteiger partial charge in [-0.05, 0) is 35.9 Å². The number of carbonyl (C=O) groups is 2. The number of hydrogen-bond acceptors (Lipinski definition) is 5. The van der Waals surface area contributed by atoms with Crippen molar-refractivity contribution in [2.24, 2.45) is 5.73 Å². The van der Waals surface area contributed by atoms with Crippen LogP contribution in [0.15, 0.2) is 54.6 Å². The zero-order chi connectivity index (χ0) is 18.1. The highest BCUT2D eigenvalue weighted by atomic mass is 35.5. The lowest BCUT2D eigenvalue weighted by atomic mass is 10.1. The van der Waals surface area contributed by atoms with Crippen LogP contribution in [0, 0.1) is 0 Å². The van der Waals surface area contributed by atoms with E-state index in [9.17, 15) is 9.59 Å². The van der Waals surface area contributed by atoms with E-state index in [0.717, 1.165) is 5.56 Å². The molecule has 0 atom stereocenters. The van der Waals surface area contributed by atoms with Crippen molar-refractivity contribution in [2.75, 3.05) is 19.8 Å². The van der Waals surface area contributed by atoms with Crippen molar-refractivity contribution in [1.82, 2.24) is 0 Å². The maximum absolute atomic E-state index is 12.2. The Balaban J connectivity index is 0.00000338. The van der Waals surface area contributed by atoms with Gasteiger partial charge in [-0.2, -0.15) is 0 Å². The standard InChI is InChI=1S/C19H19NO5.ClH/c20-10-11-24-17-3-1-2-15(12-17)18(21)9-6-14-4-7-16(8-5-14)25-13-19(22)23;/h1-9,12H,10-11,13,20H2,(H,22,23);1H/b9-6+;. The van der Waals surface area contributed by atoms with Gasteiger partial charge in [0.05, 0.1) is 0 Å². The van der Waals surface area contributed by atoms with Crippen molar-refractivity contribution in [3.05, 3.63) is 65.7 Å². The van der Waals surface area contributed by atoms with Gasteiger partial charge in [-0.15, -0.1) is 12.4 Å². The first kappa shape index (κ1) is 21.2. The lowest BCUT2D eigenvalue weighted by Crippen LogP contribution is -2.10. The third kappa shape index (κ3) is 6.96. The minimum Gasteiger partial charge on any atom is -0.492 e. The van der Waals surface area contributed by atoms with Crippen molar-refractivity contribution in [3.8, 4) is 11.5 Å². The van der Waals surface area contributed by atoms with Gasteiger partial charge in [0.1, 0.15) is 18.1 Å². The Bertz CT molecular complexity index is 759. The summed E-state index contributed by atoms with van der Waals surface area (Å²) in [7, 11) is 0. The summed E-state index contributed by atoms with van der Waals surface area (Å²) in [5.41, 5.74) is 6.71. The van der Waals surface area contributed by atoms with Crippen LogP contribution in [0.2, 0.25) is 0 Å². The number of carbonyl (C=O) groups excluding carboxylic acids is 1. The molecule has 138 valence electrons. The molecule has 0 radical (unpaired) electrons. The Kier molecular flexibility index (Phi) is 8.91. The van der Waals surface area contributed by atoms with E-state index in [-0.39, 0.29) is 18.2 Å². The van der Waals surface area contributed by atoms with Gasteiger partial charge in [0, 0.05) is 12.1 Å². The summed E-state index contributed by atoms with van der Waals surface area (Å²) in [6.45, 7) is 0.407. The number of ketones is 1. The molecule has 26 heavy (non-hydrogen) atoms. The minimum absolute atomic E-state index is 0. The molecule has 0 amide bonds. The number of carboxylic acid groups (broad SMARTS) is 1. The predicted molar refractivity (Wildman–Crippen MR) is 101 cm³/mol. The number of halogens is 1. The van der Waals surface area contributed by atoms with Crippen molar-refractivity contribution in [3.63, 3.8) is 0 Å². The van der Waals surface area contributed by atoms with Crippen LogP contribution in [0.3, 0.4) is 0 Å². The molecule has 6 nitrogen and oxygen atoms in total. The van der Waals surface area contributed by atoms with Gasteiger partial charge >= 0.3 is 5.97 Å². The maximum Gasteiger partial charge on any atom is 0.341 e. The second kappa shape index (κ2) is 10.9. The number of ether oxygens (including phenoxy) is 2. The van der Waals surface area contributed by atoms with Crippen LogP contribution in [-0.4, -0.2) is 36.6 Å². The van der Waals surface area contributed by atoms with Crippen LogP contribution in [0.5, 0.6) is 11.5 Å². The average Bonchev–Trinajstić information content (AvgIpc) is 2.63. The highest BCUT2D eigenvalue weighted by Crippen LogP contribution is 2.16. The van der Waals surface area contributed by atoms with E-state index in [4.69, 9.17) is 20.3 Å². The Morgan fingerprint density at radius 1 is 1.04 bits per heavy atom. The second-order valence-electron chi connectivity index (χ2n) is 5.11. The molecule has 3 N–H and O–H groups in total. The van der Waals surface area contributed by atoms with E-state index in [1.807, 2.05) is 0 Å². The molecule has 2 rings (SSSR count). The molecule has 0 spiro atoms. The lowest BCUT2D eigenvalue weighted by molar-refractivity contribution is -0.139. The number of benzene rings is 2. The molecule has 0 saturated heterocycles. The van der Waals surface area contributed by atoms with Crippen molar-refractivity contribution in [1.29, 1.82) is 0 Å². The summed E-state index contributed by atoms with van der Waals surface area (Å²) in [5.74, 6) is -0.128. The second-order valence-corrected chi connectivity index (χ2v) is 5.11. The van der Waals surface area contributed by atoms with Crippen molar-refractivity contribution in [2.45, 2.75) is 0 Å². The number of carboxylic acids is 1. The Labute approximate surface area is 157 Å². The topological polar surface area (TPSA) is 98.9 Å². The fourth-order valence-corrected chi connectivity index (χ4v) is 2.00. The minimum atomic E-state index is -1.03. The Morgan fingerprint density at radius 3 is 2.42 bits per heavy atom. The SMILES string of the molecule is Cl.NCCOc1cccc(C(=O)/C=C/c2ccc(OCC(=O)O)cc2)c1. The van der Waals surface area contributed by atoms with E-state index in [0.29, 0.717) is 30.2 Å². The molecule has 7 heteroatoms. The van der Waals surface area contributed by atoms with Crippen LogP contribution in [0.4, 0.5) is 0 Å². The molecule has 2 aromatic rings. The molecule has 0 saturated carbocycles. The molecule has 0 heterocycles. The molecule has 0 unspecified atom stereocenters. The zero-order valence-electron chi connectivity index (χ0n) is 14.0. The fraction of sp³-hybridized carbons (Fsp3) is 0.158. The van der Waals surface area contributed by atoms with Gasteiger partial charge in [0.25, 0.3) is 0 Å². The summed E-state index contributed by atoms with van der Waals surface area (Å²) >= 11 is 0. The van der Waals surface area contributed by atoms with E-state index >= 15 is 0 Å². The van der Waals surface area contributed by atoms with Gasteiger partial charge in [-0.25, -0.2) is 4.79 Å². The van der Waals surface area contributed by atoms with Gasteiger partial charge in [0.15, 0.2) is 12.4 Å². The van der Waals surface area contributed by atoms with Gasteiger partial charge in [0.2, 0.25) is 0 Å². The van der Waals surface area contributed by atoms with Crippen LogP contribution in [-0.2, 0) is 4.79 Å². The van der Waals surface area contributed by atoms with E-state index < -0.39 is 12.6 Å². The molecule has 0 bridgehead atoms. The first-order chi connectivity index (χ1) is 12.1. The van der Waals surface area contributed by atoms with Crippen LogP contribution in [0.1, 0.15) is 15.9 Å². The van der Waals surface area contributed by atoms with E-state index in [1.54, 1.807) is 54.6 Å². The van der Waals surface area contributed by atoms with Gasteiger partial charge in [-0.3, -0.25) is 4.79 Å². The summed E-state index contributed by atoms with van der Waals surface area (Å²) in [6, 6.07) is 13.7. The summed E-state index contributed by atoms with van der Waals surface area (Å²) in [4.78, 5) is 22.7. The molecule has 0 fully saturated rings. The number of rotatable bonds is 9. The van der Waals surface area contributed by atoms with Gasteiger partial charge in [-0.1, -0.05) is 30.3 Å². The van der Waals surface area contributed by atoms with Crippen LogP contribution < -0.4 is 15.2 Å². The van der Waals surface area contributed by atoms with E-state index in [1.165, 1.54) is 6.08 Å². The first-order valence-electron chi connectivity index (χ1n) is 7.68. The predicted octanol–water partition coefficient (Wildman–Crippen LogP) is 2.81. The highest BCUT2D eigenvalue weighted by molar-refractivity contribution is 6.07. The average molecular weight is 378 g/mol. The Hall–Kier alpha value is -2.83. The van der Waals surface area contributed by atoms with Crippen LogP contribution in [0.25, 0.3) is 6.08 Å². The summed E-state index contributed by atoms with van der Waals surface area (Å²) in [5, 5.41) is 8.56. The van der Waals surface area contributed by atoms with Crippen molar-refractivity contribution >= 4 is 30.2 Å². The number of allylic oxidation sites excluding steroid dienone is 1. The van der Waals surface area contributed by atoms with Crippen LogP contribution >= 0.6 is 12.4 Å². The lowest BCUT2D eigenvalue weighted by Gasteiger charge is -2.05. The summed E-state index contributed by atoms with van der Waals surface area (Å²) < 4.78 is 10.5. The molecule has 0 aromatic heterocycles. The molecule has 0 aliphatic heterocycles. The molecule has 0 aliphatic rings. The molecule has 0 aliphatic carbocycles. The summed E-state index contributed by atoms with van der Waals surface area (Å²) in [6.07, 6.45) is 3.14.